The molecular formula is C19H21N5O5. The quantitative estimate of drug-likeness (QED) is 0.640. The molecule has 1 aromatic heterocycles. The van der Waals surface area contributed by atoms with Gasteiger partial charge in [0.15, 0.2) is 12.7 Å². The Morgan fingerprint density at radius 2 is 1.97 bits per heavy atom. The van der Waals surface area contributed by atoms with Crippen molar-refractivity contribution in [1.29, 1.82) is 0 Å². The third-order valence-corrected chi connectivity index (χ3v) is 4.15. The molecule has 2 aromatic rings. The van der Waals surface area contributed by atoms with Crippen molar-refractivity contribution in [3.63, 3.8) is 0 Å². The molecule has 1 unspecified atom stereocenters. The van der Waals surface area contributed by atoms with Crippen LogP contribution in [0.3, 0.4) is 0 Å². The summed E-state index contributed by atoms with van der Waals surface area (Å²) < 4.78 is 10.7. The molecule has 0 spiro atoms. The average Bonchev–Trinajstić information content (AvgIpc) is 2.76. The Morgan fingerprint density at radius 1 is 1.21 bits per heavy atom. The minimum Gasteiger partial charge on any atom is -0.477 e. The van der Waals surface area contributed by atoms with E-state index in [9.17, 15) is 14.4 Å². The Morgan fingerprint density at radius 3 is 2.72 bits per heavy atom. The molecule has 0 aliphatic carbocycles. The summed E-state index contributed by atoms with van der Waals surface area (Å²) in [5.41, 5.74) is 0.525. The van der Waals surface area contributed by atoms with Crippen molar-refractivity contribution < 1.29 is 23.9 Å². The van der Waals surface area contributed by atoms with Crippen LogP contribution in [0.25, 0.3) is 0 Å². The highest BCUT2D eigenvalue weighted by Crippen LogP contribution is 2.33. The van der Waals surface area contributed by atoms with Gasteiger partial charge < -0.3 is 25.0 Å². The Kier molecular flexibility index (Phi) is 6.56. The number of carbonyl (C=O) groups excluding carboxylic acids is 3. The number of hydrogen-bond donors (Lipinski definition) is 2. The second-order valence-corrected chi connectivity index (χ2v) is 6.10. The minimum atomic E-state index is -0.843. The van der Waals surface area contributed by atoms with E-state index >= 15 is 0 Å². The van der Waals surface area contributed by atoms with Crippen LogP contribution >= 0.6 is 0 Å². The second-order valence-electron chi connectivity index (χ2n) is 6.10. The van der Waals surface area contributed by atoms with Crippen LogP contribution in [0.5, 0.6) is 5.75 Å². The lowest BCUT2D eigenvalue weighted by atomic mass is 10.1. The Bertz CT molecular complexity index is 876. The fourth-order valence-corrected chi connectivity index (χ4v) is 2.73. The van der Waals surface area contributed by atoms with Crippen molar-refractivity contribution in [3.05, 3.63) is 42.7 Å². The first-order valence-electron chi connectivity index (χ1n) is 9.02. The van der Waals surface area contributed by atoms with E-state index in [0.717, 1.165) is 0 Å². The molecule has 0 fully saturated rings. The van der Waals surface area contributed by atoms with Crippen molar-refractivity contribution in [2.24, 2.45) is 0 Å². The van der Waals surface area contributed by atoms with Gasteiger partial charge in [0.25, 0.3) is 11.8 Å². The highest BCUT2D eigenvalue weighted by Gasteiger charge is 2.33. The van der Waals surface area contributed by atoms with E-state index < -0.39 is 24.6 Å². The number of ether oxygens (including phenoxy) is 2. The molecule has 2 amide bonds. The molecule has 3 rings (SSSR count). The topological polar surface area (TPSA) is 123 Å². The van der Waals surface area contributed by atoms with E-state index in [0.29, 0.717) is 17.4 Å². The highest BCUT2D eigenvalue weighted by atomic mass is 16.5. The Labute approximate surface area is 167 Å². The molecule has 2 heterocycles. The van der Waals surface area contributed by atoms with Crippen LogP contribution < -0.4 is 20.3 Å². The summed E-state index contributed by atoms with van der Waals surface area (Å²) in [6, 6.07) is 8.57. The standard InChI is InChI=1S/C19H21N5O5/c1-20-18(27)15-11-24(13-5-2-3-6-14(13)29-15)16(25)12-28-17(26)7-10-23-19-21-8-4-9-22-19/h2-6,8-9,15H,7,10-12H2,1H3,(H,20,27)(H,21,22,23). The number of carbonyl (C=O) groups is 3. The summed E-state index contributed by atoms with van der Waals surface area (Å²) in [6.45, 7) is -0.133. The number of amides is 2. The third-order valence-electron chi connectivity index (χ3n) is 4.15. The fraction of sp³-hybridized carbons (Fsp3) is 0.316. The van der Waals surface area contributed by atoms with E-state index in [2.05, 4.69) is 20.6 Å². The van der Waals surface area contributed by atoms with Gasteiger partial charge in [-0.15, -0.1) is 0 Å². The molecule has 1 aliphatic heterocycles. The maximum absolute atomic E-state index is 12.6. The number of benzene rings is 1. The number of nitrogens with one attached hydrogen (secondary N) is 2. The molecule has 1 atom stereocenters. The largest absolute Gasteiger partial charge is 0.477 e. The summed E-state index contributed by atoms with van der Waals surface area (Å²) in [5.74, 6) is -0.502. The van der Waals surface area contributed by atoms with Gasteiger partial charge in [-0.2, -0.15) is 0 Å². The van der Waals surface area contributed by atoms with E-state index in [1.165, 1.54) is 11.9 Å². The van der Waals surface area contributed by atoms with E-state index in [1.807, 2.05) is 0 Å². The minimum absolute atomic E-state index is 0.0278. The van der Waals surface area contributed by atoms with Gasteiger partial charge in [-0.25, -0.2) is 9.97 Å². The van der Waals surface area contributed by atoms with Crippen molar-refractivity contribution in [1.82, 2.24) is 15.3 Å². The number of likely N-dealkylation sites (N-methyl/N-ethyl adjacent to an activating group) is 1. The van der Waals surface area contributed by atoms with E-state index in [-0.39, 0.29) is 25.4 Å². The first kappa shape index (κ1) is 20.1. The van der Waals surface area contributed by atoms with Gasteiger partial charge in [-0.3, -0.25) is 14.4 Å². The normalized spacial score (nSPS) is 14.9. The summed E-state index contributed by atoms with van der Waals surface area (Å²) >= 11 is 0. The van der Waals surface area contributed by atoms with Gasteiger partial charge in [-0.05, 0) is 18.2 Å². The zero-order chi connectivity index (χ0) is 20.6. The highest BCUT2D eigenvalue weighted by molar-refractivity contribution is 5.98. The van der Waals surface area contributed by atoms with Crippen molar-refractivity contribution >= 4 is 29.4 Å². The zero-order valence-corrected chi connectivity index (χ0v) is 15.8. The maximum atomic E-state index is 12.6. The molecule has 0 radical (unpaired) electrons. The molecule has 152 valence electrons. The van der Waals surface area contributed by atoms with E-state index in [1.54, 1.807) is 42.7 Å². The van der Waals surface area contributed by atoms with Gasteiger partial charge in [0, 0.05) is 26.0 Å². The van der Waals surface area contributed by atoms with Crippen molar-refractivity contribution in [2.75, 3.05) is 37.0 Å². The van der Waals surface area contributed by atoms with Crippen LogP contribution in [-0.2, 0) is 19.1 Å². The lowest BCUT2D eigenvalue weighted by molar-refractivity contribution is -0.147. The lowest BCUT2D eigenvalue weighted by Crippen LogP contribution is -2.51. The summed E-state index contributed by atoms with van der Waals surface area (Å²) in [4.78, 5) is 45.9. The first-order chi connectivity index (χ1) is 14.1. The summed E-state index contributed by atoms with van der Waals surface area (Å²) in [5, 5.41) is 5.39. The lowest BCUT2D eigenvalue weighted by Gasteiger charge is -2.33. The molecule has 0 saturated carbocycles. The molecule has 10 heteroatoms. The Hall–Kier alpha value is -3.69. The fourth-order valence-electron chi connectivity index (χ4n) is 2.73. The summed E-state index contributed by atoms with van der Waals surface area (Å²) in [6.07, 6.45) is 2.37. The maximum Gasteiger partial charge on any atom is 0.308 e. The number of anilines is 2. The molecule has 29 heavy (non-hydrogen) atoms. The number of para-hydroxylation sites is 2. The first-order valence-corrected chi connectivity index (χ1v) is 9.02. The van der Waals surface area contributed by atoms with Crippen LogP contribution in [0.1, 0.15) is 6.42 Å². The van der Waals surface area contributed by atoms with Crippen LogP contribution in [0.4, 0.5) is 11.6 Å². The number of fused-ring (bicyclic) bond motifs is 1. The van der Waals surface area contributed by atoms with Gasteiger partial charge in [0.1, 0.15) is 5.75 Å². The second kappa shape index (κ2) is 9.49. The number of nitrogens with zero attached hydrogens (tertiary/aromatic N) is 3. The SMILES string of the molecule is CNC(=O)C1CN(C(=O)COC(=O)CCNc2ncccn2)c2ccccc2O1. The molecule has 2 N–H and O–H groups in total. The predicted octanol–water partition coefficient (Wildman–Crippen LogP) is 0.362. The third kappa shape index (κ3) is 5.18. The van der Waals surface area contributed by atoms with Crippen molar-refractivity contribution in [3.8, 4) is 5.75 Å². The average molecular weight is 399 g/mol. The molecule has 10 nitrogen and oxygen atoms in total. The monoisotopic (exact) mass is 399 g/mol. The van der Waals surface area contributed by atoms with Gasteiger partial charge >= 0.3 is 5.97 Å². The predicted molar refractivity (Wildman–Crippen MR) is 103 cm³/mol. The number of aromatic nitrogens is 2. The zero-order valence-electron chi connectivity index (χ0n) is 15.8. The molecular weight excluding hydrogens is 378 g/mol. The summed E-state index contributed by atoms with van der Waals surface area (Å²) in [7, 11) is 1.49. The number of rotatable bonds is 7. The molecule has 0 saturated heterocycles. The van der Waals surface area contributed by atoms with Gasteiger partial charge in [0.05, 0.1) is 18.7 Å². The molecule has 0 bridgehead atoms. The van der Waals surface area contributed by atoms with Crippen molar-refractivity contribution in [2.45, 2.75) is 12.5 Å². The van der Waals surface area contributed by atoms with Crippen LogP contribution in [0.2, 0.25) is 0 Å². The van der Waals surface area contributed by atoms with Gasteiger partial charge in [0.2, 0.25) is 5.95 Å². The van der Waals surface area contributed by atoms with Gasteiger partial charge in [-0.1, -0.05) is 12.1 Å². The Balaban J connectivity index is 1.53. The number of hydrogen-bond acceptors (Lipinski definition) is 8. The van der Waals surface area contributed by atoms with Crippen LogP contribution in [0, 0.1) is 0 Å². The molecule has 1 aliphatic rings. The van der Waals surface area contributed by atoms with E-state index in [4.69, 9.17) is 9.47 Å². The molecule has 1 aromatic carbocycles. The number of esters is 1. The smallest absolute Gasteiger partial charge is 0.308 e. The van der Waals surface area contributed by atoms with Crippen LogP contribution in [-0.4, -0.2) is 60.6 Å². The van der Waals surface area contributed by atoms with Crippen LogP contribution in [0.15, 0.2) is 42.7 Å².